The first kappa shape index (κ1) is 17.8. The van der Waals surface area contributed by atoms with Crippen molar-refractivity contribution in [2.45, 2.75) is 6.92 Å². The standard InChI is InChI=1S/C19H19ClN4O2/c1-12-14(20)5-4-6-15(12)23-19-21-10-9-18(24-19)22-13-7-8-16(25-2)17(11-13)26-3/h4-11H,1-3H3,(H2,21,22,23,24). The van der Waals surface area contributed by atoms with E-state index < -0.39 is 0 Å². The maximum absolute atomic E-state index is 6.16. The van der Waals surface area contributed by atoms with E-state index in [9.17, 15) is 0 Å². The predicted octanol–water partition coefficient (Wildman–Crippen LogP) is 4.94. The molecule has 7 heteroatoms. The molecular weight excluding hydrogens is 352 g/mol. The van der Waals surface area contributed by atoms with Crippen LogP contribution in [0.4, 0.5) is 23.1 Å². The fraction of sp³-hybridized carbons (Fsp3) is 0.158. The van der Waals surface area contributed by atoms with E-state index in [1.54, 1.807) is 26.5 Å². The zero-order chi connectivity index (χ0) is 18.5. The highest BCUT2D eigenvalue weighted by Gasteiger charge is 2.07. The van der Waals surface area contributed by atoms with Crippen LogP contribution in [-0.4, -0.2) is 24.2 Å². The third-order valence-electron chi connectivity index (χ3n) is 3.83. The Bertz CT molecular complexity index is 918. The minimum atomic E-state index is 0.473. The zero-order valence-electron chi connectivity index (χ0n) is 14.7. The number of ether oxygens (including phenoxy) is 2. The molecule has 134 valence electrons. The lowest BCUT2D eigenvalue weighted by atomic mass is 10.2. The van der Waals surface area contributed by atoms with Gasteiger partial charge in [0.15, 0.2) is 11.5 Å². The van der Waals surface area contributed by atoms with Crippen molar-refractivity contribution >= 4 is 34.7 Å². The Kier molecular flexibility index (Phi) is 5.43. The second kappa shape index (κ2) is 7.93. The summed E-state index contributed by atoms with van der Waals surface area (Å²) in [5, 5.41) is 7.11. The first-order valence-corrected chi connectivity index (χ1v) is 8.32. The molecule has 0 spiro atoms. The van der Waals surface area contributed by atoms with Crippen LogP contribution in [0.25, 0.3) is 0 Å². The lowest BCUT2D eigenvalue weighted by Gasteiger charge is -2.12. The van der Waals surface area contributed by atoms with Gasteiger partial charge in [-0.2, -0.15) is 4.98 Å². The third-order valence-corrected chi connectivity index (χ3v) is 4.24. The lowest BCUT2D eigenvalue weighted by Crippen LogP contribution is -2.02. The van der Waals surface area contributed by atoms with E-state index in [0.29, 0.717) is 28.3 Å². The minimum absolute atomic E-state index is 0.473. The van der Waals surface area contributed by atoms with Crippen molar-refractivity contribution in [1.29, 1.82) is 0 Å². The molecule has 1 heterocycles. The van der Waals surface area contributed by atoms with Gasteiger partial charge >= 0.3 is 0 Å². The number of methoxy groups -OCH3 is 2. The molecule has 0 aliphatic rings. The Morgan fingerprint density at radius 1 is 0.962 bits per heavy atom. The van der Waals surface area contributed by atoms with Crippen LogP contribution in [-0.2, 0) is 0 Å². The van der Waals surface area contributed by atoms with Gasteiger partial charge in [-0.3, -0.25) is 0 Å². The molecule has 0 fully saturated rings. The quantitative estimate of drug-likeness (QED) is 0.640. The molecule has 0 radical (unpaired) electrons. The summed E-state index contributed by atoms with van der Waals surface area (Å²) >= 11 is 6.16. The average molecular weight is 371 g/mol. The van der Waals surface area contributed by atoms with Crippen molar-refractivity contribution in [3.8, 4) is 11.5 Å². The second-order valence-electron chi connectivity index (χ2n) is 5.50. The van der Waals surface area contributed by atoms with Gasteiger partial charge < -0.3 is 20.1 Å². The predicted molar refractivity (Wildman–Crippen MR) is 104 cm³/mol. The van der Waals surface area contributed by atoms with Crippen molar-refractivity contribution in [2.75, 3.05) is 24.9 Å². The lowest BCUT2D eigenvalue weighted by molar-refractivity contribution is 0.355. The number of aromatic nitrogens is 2. The number of halogens is 1. The van der Waals surface area contributed by atoms with Crippen molar-refractivity contribution in [3.05, 3.63) is 59.2 Å². The highest BCUT2D eigenvalue weighted by Crippen LogP contribution is 2.31. The largest absolute Gasteiger partial charge is 0.493 e. The van der Waals surface area contributed by atoms with Crippen molar-refractivity contribution in [3.63, 3.8) is 0 Å². The van der Waals surface area contributed by atoms with E-state index in [1.165, 1.54) is 0 Å². The number of benzene rings is 2. The number of hydrogen-bond donors (Lipinski definition) is 2. The molecule has 0 aliphatic heterocycles. The molecule has 0 bridgehead atoms. The normalized spacial score (nSPS) is 10.3. The molecule has 2 aromatic carbocycles. The summed E-state index contributed by atoms with van der Waals surface area (Å²) in [5.41, 5.74) is 2.63. The summed E-state index contributed by atoms with van der Waals surface area (Å²) in [5.74, 6) is 2.43. The summed E-state index contributed by atoms with van der Waals surface area (Å²) in [6, 6.07) is 13.0. The average Bonchev–Trinajstić information content (AvgIpc) is 2.65. The summed E-state index contributed by atoms with van der Waals surface area (Å²) in [4.78, 5) is 8.74. The topological polar surface area (TPSA) is 68.3 Å². The molecular formula is C19H19ClN4O2. The smallest absolute Gasteiger partial charge is 0.229 e. The van der Waals surface area contributed by atoms with E-state index in [1.807, 2.05) is 43.3 Å². The van der Waals surface area contributed by atoms with E-state index in [0.717, 1.165) is 16.9 Å². The SMILES string of the molecule is COc1ccc(Nc2ccnc(Nc3cccc(Cl)c3C)n2)cc1OC. The van der Waals surface area contributed by atoms with Gasteiger partial charge in [-0.1, -0.05) is 17.7 Å². The van der Waals surface area contributed by atoms with Gasteiger partial charge in [-0.05, 0) is 42.8 Å². The molecule has 6 nitrogen and oxygen atoms in total. The highest BCUT2D eigenvalue weighted by molar-refractivity contribution is 6.31. The monoisotopic (exact) mass is 370 g/mol. The summed E-state index contributed by atoms with van der Waals surface area (Å²) in [7, 11) is 3.20. The molecule has 0 saturated heterocycles. The van der Waals surface area contributed by atoms with Gasteiger partial charge in [-0.15, -0.1) is 0 Å². The molecule has 2 N–H and O–H groups in total. The molecule has 26 heavy (non-hydrogen) atoms. The van der Waals surface area contributed by atoms with E-state index >= 15 is 0 Å². The number of hydrogen-bond acceptors (Lipinski definition) is 6. The number of anilines is 4. The highest BCUT2D eigenvalue weighted by atomic mass is 35.5. The summed E-state index contributed by atoms with van der Waals surface area (Å²) in [6.45, 7) is 1.94. The van der Waals surface area contributed by atoms with Crippen LogP contribution in [0, 0.1) is 6.92 Å². The molecule has 1 aromatic heterocycles. The number of nitrogens with one attached hydrogen (secondary N) is 2. The molecule has 0 atom stereocenters. The Morgan fingerprint density at radius 3 is 2.54 bits per heavy atom. The summed E-state index contributed by atoms with van der Waals surface area (Å²) in [6.07, 6.45) is 1.68. The van der Waals surface area contributed by atoms with Crippen molar-refractivity contribution in [2.24, 2.45) is 0 Å². The first-order chi connectivity index (χ1) is 12.6. The van der Waals surface area contributed by atoms with E-state index in [-0.39, 0.29) is 0 Å². The maximum Gasteiger partial charge on any atom is 0.229 e. The molecule has 0 aliphatic carbocycles. The Labute approximate surface area is 157 Å². The van der Waals surface area contributed by atoms with Gasteiger partial charge in [0.25, 0.3) is 0 Å². The number of nitrogens with zero attached hydrogens (tertiary/aromatic N) is 2. The summed E-state index contributed by atoms with van der Waals surface area (Å²) < 4.78 is 10.6. The molecule has 0 saturated carbocycles. The van der Waals surface area contributed by atoms with Crippen LogP contribution >= 0.6 is 11.6 Å². The Morgan fingerprint density at radius 2 is 1.77 bits per heavy atom. The Balaban J connectivity index is 1.80. The van der Waals surface area contributed by atoms with Gasteiger partial charge in [0, 0.05) is 28.7 Å². The van der Waals surface area contributed by atoms with Crippen LogP contribution in [0.5, 0.6) is 11.5 Å². The first-order valence-electron chi connectivity index (χ1n) is 7.95. The fourth-order valence-corrected chi connectivity index (χ4v) is 2.59. The Hall–Kier alpha value is -2.99. The van der Waals surface area contributed by atoms with Crippen LogP contribution in [0.1, 0.15) is 5.56 Å². The van der Waals surface area contributed by atoms with Crippen LogP contribution in [0.3, 0.4) is 0 Å². The van der Waals surface area contributed by atoms with Gasteiger partial charge in [0.1, 0.15) is 5.82 Å². The van der Waals surface area contributed by atoms with E-state index in [4.69, 9.17) is 21.1 Å². The van der Waals surface area contributed by atoms with Gasteiger partial charge in [-0.25, -0.2) is 4.98 Å². The molecule has 0 unspecified atom stereocenters. The zero-order valence-corrected chi connectivity index (χ0v) is 15.5. The van der Waals surface area contributed by atoms with Crippen molar-refractivity contribution < 1.29 is 9.47 Å². The van der Waals surface area contributed by atoms with Gasteiger partial charge in [0.2, 0.25) is 5.95 Å². The van der Waals surface area contributed by atoms with Crippen LogP contribution in [0.2, 0.25) is 5.02 Å². The second-order valence-corrected chi connectivity index (χ2v) is 5.90. The van der Waals surface area contributed by atoms with Crippen LogP contribution in [0.15, 0.2) is 48.7 Å². The fourth-order valence-electron chi connectivity index (χ4n) is 2.41. The minimum Gasteiger partial charge on any atom is -0.493 e. The molecule has 3 aromatic rings. The number of rotatable bonds is 6. The molecule has 3 rings (SSSR count). The molecule has 0 amide bonds. The van der Waals surface area contributed by atoms with E-state index in [2.05, 4.69) is 20.6 Å². The van der Waals surface area contributed by atoms with Gasteiger partial charge in [0.05, 0.1) is 14.2 Å². The third kappa shape index (κ3) is 3.97. The van der Waals surface area contributed by atoms with Crippen LogP contribution < -0.4 is 20.1 Å². The maximum atomic E-state index is 6.16. The van der Waals surface area contributed by atoms with Crippen molar-refractivity contribution in [1.82, 2.24) is 9.97 Å².